The van der Waals surface area contributed by atoms with Gasteiger partial charge in [-0.15, -0.1) is 0 Å². The highest BCUT2D eigenvalue weighted by molar-refractivity contribution is 9.10. The Hall–Kier alpha value is -1.32. The molecule has 110 valence electrons. The van der Waals surface area contributed by atoms with Crippen LogP contribution in [-0.4, -0.2) is 7.11 Å². The molecule has 1 unspecified atom stereocenters. The molecule has 2 aromatic rings. The quantitative estimate of drug-likeness (QED) is 0.872. The van der Waals surface area contributed by atoms with Crippen molar-refractivity contribution in [2.24, 2.45) is 0 Å². The van der Waals surface area contributed by atoms with E-state index in [0.29, 0.717) is 6.04 Å². The van der Waals surface area contributed by atoms with E-state index in [-0.39, 0.29) is 0 Å². The molecule has 3 heteroatoms. The lowest BCUT2D eigenvalue weighted by atomic mass is 9.87. The summed E-state index contributed by atoms with van der Waals surface area (Å²) in [5.41, 5.74) is 4.16. The van der Waals surface area contributed by atoms with Gasteiger partial charge in [-0.3, -0.25) is 0 Å². The average molecular weight is 346 g/mol. The van der Waals surface area contributed by atoms with E-state index in [1.807, 2.05) is 0 Å². The molecule has 0 saturated heterocycles. The van der Waals surface area contributed by atoms with Crippen molar-refractivity contribution in [3.05, 3.63) is 63.6 Å². The second kappa shape index (κ2) is 6.63. The Morgan fingerprint density at radius 1 is 1.24 bits per heavy atom. The average Bonchev–Trinajstić information content (AvgIpc) is 2.52. The fraction of sp³-hybridized carbons (Fsp3) is 0.333. The summed E-state index contributed by atoms with van der Waals surface area (Å²) in [6.45, 7) is 0.890. The first-order valence-corrected chi connectivity index (χ1v) is 8.20. The highest BCUT2D eigenvalue weighted by atomic mass is 79.9. The van der Waals surface area contributed by atoms with Gasteiger partial charge in [0.25, 0.3) is 0 Å². The molecular weight excluding hydrogens is 326 g/mol. The van der Waals surface area contributed by atoms with Crippen LogP contribution in [0, 0.1) is 0 Å². The van der Waals surface area contributed by atoms with Gasteiger partial charge in [-0.1, -0.05) is 34.1 Å². The van der Waals surface area contributed by atoms with E-state index in [1.54, 1.807) is 7.11 Å². The third kappa shape index (κ3) is 3.47. The lowest BCUT2D eigenvalue weighted by Gasteiger charge is -2.27. The number of hydrogen-bond acceptors (Lipinski definition) is 2. The predicted octanol–water partition coefficient (Wildman–Crippen LogP) is 4.62. The Labute approximate surface area is 134 Å². The summed E-state index contributed by atoms with van der Waals surface area (Å²) in [5.74, 6) is 0.949. The van der Waals surface area contributed by atoms with Gasteiger partial charge in [0.05, 0.1) is 7.11 Å². The maximum Gasteiger partial charge on any atom is 0.119 e. The molecule has 1 atom stereocenters. The third-order valence-corrected chi connectivity index (χ3v) is 4.60. The number of hydrogen-bond donors (Lipinski definition) is 1. The Morgan fingerprint density at radius 2 is 2.14 bits per heavy atom. The molecule has 1 N–H and O–H groups in total. The van der Waals surface area contributed by atoms with Crippen molar-refractivity contribution in [1.82, 2.24) is 5.32 Å². The molecule has 21 heavy (non-hydrogen) atoms. The van der Waals surface area contributed by atoms with Gasteiger partial charge in [-0.2, -0.15) is 0 Å². The molecule has 0 radical (unpaired) electrons. The van der Waals surface area contributed by atoms with Crippen LogP contribution < -0.4 is 10.1 Å². The first kappa shape index (κ1) is 14.6. The van der Waals surface area contributed by atoms with E-state index in [0.717, 1.165) is 16.8 Å². The SMILES string of the molecule is COc1ccc2c(c1)C(NCc1cccc(Br)c1)CCC2. The van der Waals surface area contributed by atoms with Crippen LogP contribution in [0.25, 0.3) is 0 Å². The summed E-state index contributed by atoms with van der Waals surface area (Å²) in [7, 11) is 1.73. The van der Waals surface area contributed by atoms with Crippen molar-refractivity contribution in [2.75, 3.05) is 7.11 Å². The molecule has 2 nitrogen and oxygen atoms in total. The van der Waals surface area contributed by atoms with Crippen molar-refractivity contribution in [1.29, 1.82) is 0 Å². The van der Waals surface area contributed by atoms with E-state index < -0.39 is 0 Å². The number of fused-ring (bicyclic) bond motifs is 1. The second-order valence-corrected chi connectivity index (χ2v) is 6.44. The van der Waals surface area contributed by atoms with Gasteiger partial charge in [-0.25, -0.2) is 0 Å². The fourth-order valence-corrected chi connectivity index (χ4v) is 3.45. The minimum absolute atomic E-state index is 0.419. The standard InChI is InChI=1S/C18H20BrNO/c1-21-16-9-8-14-5-3-7-18(17(14)11-16)20-12-13-4-2-6-15(19)10-13/h2,4,6,8-11,18,20H,3,5,7,12H2,1H3. The molecule has 0 heterocycles. The number of rotatable bonds is 4. The molecule has 0 bridgehead atoms. The Kier molecular flexibility index (Phi) is 4.61. The van der Waals surface area contributed by atoms with Crippen molar-refractivity contribution in [2.45, 2.75) is 31.8 Å². The molecule has 3 rings (SSSR count). The molecule has 0 aliphatic heterocycles. The molecule has 0 aromatic heterocycles. The first-order chi connectivity index (χ1) is 10.3. The number of ether oxygens (including phenoxy) is 1. The van der Waals surface area contributed by atoms with Crippen LogP contribution in [0.15, 0.2) is 46.9 Å². The Balaban J connectivity index is 1.75. The van der Waals surface area contributed by atoms with Gasteiger partial charge in [-0.05, 0) is 60.2 Å². The zero-order chi connectivity index (χ0) is 14.7. The van der Waals surface area contributed by atoms with E-state index in [1.165, 1.54) is 36.0 Å². The summed E-state index contributed by atoms with van der Waals surface area (Å²) in [6.07, 6.45) is 3.61. The third-order valence-electron chi connectivity index (χ3n) is 4.11. The fourth-order valence-electron chi connectivity index (χ4n) is 3.00. The highest BCUT2D eigenvalue weighted by Gasteiger charge is 2.20. The van der Waals surface area contributed by atoms with E-state index >= 15 is 0 Å². The van der Waals surface area contributed by atoms with Crippen LogP contribution in [0.5, 0.6) is 5.75 Å². The summed E-state index contributed by atoms with van der Waals surface area (Å²) >= 11 is 3.53. The van der Waals surface area contributed by atoms with Gasteiger partial charge < -0.3 is 10.1 Å². The summed E-state index contributed by atoms with van der Waals surface area (Å²) in [5, 5.41) is 3.70. The number of aryl methyl sites for hydroxylation is 1. The molecule has 1 aliphatic rings. The zero-order valence-electron chi connectivity index (χ0n) is 12.2. The normalized spacial score (nSPS) is 17.3. The monoisotopic (exact) mass is 345 g/mol. The molecule has 0 spiro atoms. The lowest BCUT2D eigenvalue weighted by molar-refractivity contribution is 0.408. The van der Waals surface area contributed by atoms with Crippen LogP contribution in [-0.2, 0) is 13.0 Å². The van der Waals surface area contributed by atoms with Crippen LogP contribution in [0.4, 0.5) is 0 Å². The largest absolute Gasteiger partial charge is 0.497 e. The van der Waals surface area contributed by atoms with Gasteiger partial charge in [0.15, 0.2) is 0 Å². The van der Waals surface area contributed by atoms with Gasteiger partial charge in [0, 0.05) is 17.1 Å². The maximum absolute atomic E-state index is 5.37. The zero-order valence-corrected chi connectivity index (χ0v) is 13.8. The summed E-state index contributed by atoms with van der Waals surface area (Å²) < 4.78 is 6.51. The molecule has 2 aromatic carbocycles. The van der Waals surface area contributed by atoms with Crippen LogP contribution in [0.2, 0.25) is 0 Å². The molecule has 0 fully saturated rings. The molecular formula is C18H20BrNO. The van der Waals surface area contributed by atoms with E-state index in [2.05, 4.69) is 63.7 Å². The smallest absolute Gasteiger partial charge is 0.119 e. The van der Waals surface area contributed by atoms with Crippen LogP contribution >= 0.6 is 15.9 Å². The number of halogens is 1. The topological polar surface area (TPSA) is 21.3 Å². The van der Waals surface area contributed by atoms with E-state index in [4.69, 9.17) is 4.74 Å². The Morgan fingerprint density at radius 3 is 2.95 bits per heavy atom. The van der Waals surface area contributed by atoms with Gasteiger partial charge in [0.2, 0.25) is 0 Å². The minimum atomic E-state index is 0.419. The number of benzene rings is 2. The summed E-state index contributed by atoms with van der Waals surface area (Å²) in [4.78, 5) is 0. The van der Waals surface area contributed by atoms with Crippen molar-refractivity contribution in [3.8, 4) is 5.75 Å². The predicted molar refractivity (Wildman–Crippen MR) is 89.7 cm³/mol. The molecule has 0 amide bonds. The van der Waals surface area contributed by atoms with Crippen LogP contribution in [0.3, 0.4) is 0 Å². The maximum atomic E-state index is 5.37. The molecule has 0 saturated carbocycles. The lowest BCUT2D eigenvalue weighted by Crippen LogP contribution is -2.24. The number of methoxy groups -OCH3 is 1. The van der Waals surface area contributed by atoms with E-state index in [9.17, 15) is 0 Å². The van der Waals surface area contributed by atoms with Crippen molar-refractivity contribution >= 4 is 15.9 Å². The molecule has 1 aliphatic carbocycles. The van der Waals surface area contributed by atoms with Crippen LogP contribution in [0.1, 0.15) is 35.6 Å². The first-order valence-electron chi connectivity index (χ1n) is 7.41. The summed E-state index contributed by atoms with van der Waals surface area (Å²) in [6, 6.07) is 15.4. The Bertz CT molecular complexity index is 626. The van der Waals surface area contributed by atoms with Crippen molar-refractivity contribution < 1.29 is 4.74 Å². The number of nitrogens with one attached hydrogen (secondary N) is 1. The minimum Gasteiger partial charge on any atom is -0.497 e. The van der Waals surface area contributed by atoms with Crippen molar-refractivity contribution in [3.63, 3.8) is 0 Å². The van der Waals surface area contributed by atoms with Gasteiger partial charge >= 0.3 is 0 Å². The second-order valence-electron chi connectivity index (χ2n) is 5.52. The van der Waals surface area contributed by atoms with Gasteiger partial charge in [0.1, 0.15) is 5.75 Å². The highest BCUT2D eigenvalue weighted by Crippen LogP contribution is 2.32.